The van der Waals surface area contributed by atoms with Crippen molar-refractivity contribution in [2.24, 2.45) is 5.92 Å². The van der Waals surface area contributed by atoms with E-state index in [0.29, 0.717) is 29.9 Å². The third kappa shape index (κ3) is 7.46. The summed E-state index contributed by atoms with van der Waals surface area (Å²) in [6.45, 7) is 0.289. The van der Waals surface area contributed by atoms with Gasteiger partial charge in [0.15, 0.2) is 21.3 Å². The summed E-state index contributed by atoms with van der Waals surface area (Å²) in [5.41, 5.74) is 2.36. The molecule has 2 atom stereocenters. The van der Waals surface area contributed by atoms with Gasteiger partial charge < -0.3 is 19.3 Å². The number of carboxylic acids is 1. The summed E-state index contributed by atoms with van der Waals surface area (Å²) < 4.78 is 45.1. The minimum Gasteiger partial charge on any atom is -0.493 e. The Bertz CT molecular complexity index is 1540. The average Bonchev–Trinajstić information content (AvgIpc) is 3.00. The topological polar surface area (TPSA) is 99.1 Å². The molecule has 1 N–H and O–H groups in total. The number of carboxylic acid groups (broad SMARTS) is 1. The third-order valence-electron chi connectivity index (χ3n) is 6.96. The maximum Gasteiger partial charge on any atom is 0.308 e. The van der Waals surface area contributed by atoms with Gasteiger partial charge >= 0.3 is 5.97 Å². The second-order valence-corrected chi connectivity index (χ2v) is 11.7. The molecule has 7 nitrogen and oxygen atoms in total. The van der Waals surface area contributed by atoms with Gasteiger partial charge in [0.05, 0.1) is 25.0 Å². The van der Waals surface area contributed by atoms with E-state index in [1.54, 1.807) is 24.3 Å². The predicted molar refractivity (Wildman–Crippen MR) is 157 cm³/mol. The van der Waals surface area contributed by atoms with Gasteiger partial charge in [-0.1, -0.05) is 72.8 Å². The fourth-order valence-electron chi connectivity index (χ4n) is 4.87. The van der Waals surface area contributed by atoms with Gasteiger partial charge in [-0.05, 0) is 60.2 Å². The van der Waals surface area contributed by atoms with Crippen LogP contribution in [0.25, 0.3) is 0 Å². The number of hydrogen-bond donors (Lipinski definition) is 1. The normalized spacial score (nSPS) is 12.7. The average molecular weight is 575 g/mol. The molecule has 4 aromatic rings. The highest BCUT2D eigenvalue weighted by Crippen LogP contribution is 2.41. The molecule has 0 aliphatic heterocycles. The van der Waals surface area contributed by atoms with Crippen LogP contribution in [0.2, 0.25) is 0 Å². The molecule has 0 saturated heterocycles. The predicted octanol–water partition coefficient (Wildman–Crippen LogP) is 6.52. The number of rotatable bonds is 14. The lowest BCUT2D eigenvalue weighted by Gasteiger charge is -2.25. The Morgan fingerprint density at radius 3 is 2.07 bits per heavy atom. The van der Waals surface area contributed by atoms with Crippen molar-refractivity contribution in [1.29, 1.82) is 0 Å². The first-order valence-electron chi connectivity index (χ1n) is 13.3. The summed E-state index contributed by atoms with van der Waals surface area (Å²) in [6, 6.07) is 30.3. The van der Waals surface area contributed by atoms with Crippen molar-refractivity contribution in [3.63, 3.8) is 0 Å². The molecule has 8 heteroatoms. The number of aryl methyl sites for hydroxylation is 1. The van der Waals surface area contributed by atoms with Crippen LogP contribution in [0, 0.1) is 5.92 Å². The number of hydrogen-bond acceptors (Lipinski definition) is 6. The Morgan fingerprint density at radius 1 is 0.780 bits per heavy atom. The molecule has 2 unspecified atom stereocenters. The number of carbonyl (C=O) groups is 1. The molecule has 41 heavy (non-hydrogen) atoms. The summed E-state index contributed by atoms with van der Waals surface area (Å²) in [5.74, 6) is -1.32. The summed E-state index contributed by atoms with van der Waals surface area (Å²) >= 11 is 0. The molecule has 0 spiro atoms. The molecule has 0 aliphatic carbocycles. The van der Waals surface area contributed by atoms with Gasteiger partial charge in [-0.15, -0.1) is 0 Å². The molecule has 0 heterocycles. The van der Waals surface area contributed by atoms with Gasteiger partial charge in [0.1, 0.15) is 17.6 Å². The van der Waals surface area contributed by atoms with E-state index in [0.717, 1.165) is 11.1 Å². The Labute approximate surface area is 241 Å². The van der Waals surface area contributed by atoms with Gasteiger partial charge in [-0.25, -0.2) is 8.42 Å². The van der Waals surface area contributed by atoms with Gasteiger partial charge in [0, 0.05) is 6.07 Å². The van der Waals surface area contributed by atoms with Crippen molar-refractivity contribution >= 4 is 15.8 Å². The highest BCUT2D eigenvalue weighted by Gasteiger charge is 2.40. The minimum atomic E-state index is -4.21. The van der Waals surface area contributed by atoms with Crippen LogP contribution in [0.3, 0.4) is 0 Å². The molecule has 4 rings (SSSR count). The largest absolute Gasteiger partial charge is 0.493 e. The smallest absolute Gasteiger partial charge is 0.308 e. The standard InChI is InChI=1S/C33H34O7S/c1-38-30-20-19-28(22-31(30)39-2)41(36,37)32(29(33(34)35)18-9-15-24-11-5-3-6-12-24)26-16-10-17-27(21-26)40-23-25-13-7-4-8-14-25/h3-8,10-14,16-17,19-22,29,32H,9,15,18,23H2,1-2H3,(H,34,35). The zero-order valence-electron chi connectivity index (χ0n) is 23.1. The van der Waals surface area contributed by atoms with Crippen molar-refractivity contribution in [1.82, 2.24) is 0 Å². The summed E-state index contributed by atoms with van der Waals surface area (Å²) in [5, 5.41) is 9.01. The first-order valence-corrected chi connectivity index (χ1v) is 14.9. The zero-order valence-corrected chi connectivity index (χ0v) is 23.9. The minimum absolute atomic E-state index is 0.0509. The molecule has 0 fully saturated rings. The quantitative estimate of drug-likeness (QED) is 0.183. The first-order chi connectivity index (χ1) is 19.8. The number of sulfone groups is 1. The van der Waals surface area contributed by atoms with Crippen LogP contribution in [0.5, 0.6) is 17.2 Å². The van der Waals surface area contributed by atoms with Gasteiger partial charge in [0.25, 0.3) is 0 Å². The molecule has 0 amide bonds. The van der Waals surface area contributed by atoms with Crippen molar-refractivity contribution in [2.45, 2.75) is 36.0 Å². The highest BCUT2D eigenvalue weighted by molar-refractivity contribution is 7.91. The lowest BCUT2D eigenvalue weighted by molar-refractivity contribution is -0.142. The third-order valence-corrected chi connectivity index (χ3v) is 9.14. The molecular weight excluding hydrogens is 540 g/mol. The van der Waals surface area contributed by atoms with Gasteiger partial charge in [-0.3, -0.25) is 4.79 Å². The van der Waals surface area contributed by atoms with E-state index in [4.69, 9.17) is 14.2 Å². The van der Waals surface area contributed by atoms with Crippen LogP contribution in [-0.2, 0) is 27.7 Å². The SMILES string of the molecule is COc1ccc(S(=O)(=O)C(c2cccc(OCc3ccccc3)c2)C(CCCc2ccccc2)C(=O)O)cc1OC. The number of aliphatic carboxylic acids is 1. The van der Waals surface area contributed by atoms with E-state index < -0.39 is 27.0 Å². The molecule has 0 aromatic heterocycles. The second kappa shape index (κ2) is 13.9. The van der Waals surface area contributed by atoms with Crippen LogP contribution in [0.4, 0.5) is 0 Å². The van der Waals surface area contributed by atoms with E-state index >= 15 is 0 Å². The van der Waals surface area contributed by atoms with Crippen LogP contribution in [0.1, 0.15) is 34.8 Å². The van der Waals surface area contributed by atoms with E-state index in [2.05, 4.69) is 0 Å². The van der Waals surface area contributed by atoms with Gasteiger partial charge in [0.2, 0.25) is 0 Å². The van der Waals surface area contributed by atoms with E-state index in [1.807, 2.05) is 60.7 Å². The van der Waals surface area contributed by atoms with Crippen molar-refractivity contribution in [2.75, 3.05) is 14.2 Å². The van der Waals surface area contributed by atoms with Crippen LogP contribution in [-0.4, -0.2) is 33.7 Å². The molecule has 0 bridgehead atoms. The van der Waals surface area contributed by atoms with Crippen molar-refractivity contribution in [3.8, 4) is 17.2 Å². The zero-order chi connectivity index (χ0) is 29.2. The van der Waals surface area contributed by atoms with Crippen LogP contribution in [0.15, 0.2) is 108 Å². The first kappa shape index (κ1) is 29.7. The Balaban J connectivity index is 1.72. The maximum atomic E-state index is 14.3. The highest BCUT2D eigenvalue weighted by atomic mass is 32.2. The monoisotopic (exact) mass is 574 g/mol. The number of methoxy groups -OCH3 is 2. The fraction of sp³-hybridized carbons (Fsp3) is 0.242. The molecule has 214 valence electrons. The molecule has 0 aliphatic rings. The number of ether oxygens (including phenoxy) is 3. The summed E-state index contributed by atoms with van der Waals surface area (Å²) in [7, 11) is -1.33. The molecule has 0 saturated carbocycles. The molecule has 0 radical (unpaired) electrons. The van der Waals surface area contributed by atoms with Crippen molar-refractivity contribution in [3.05, 3.63) is 120 Å². The maximum absolute atomic E-state index is 14.3. The lowest BCUT2D eigenvalue weighted by atomic mass is 9.92. The lowest BCUT2D eigenvalue weighted by Crippen LogP contribution is -2.29. The molecular formula is C33H34O7S. The molecule has 4 aromatic carbocycles. The second-order valence-electron chi connectivity index (χ2n) is 9.65. The van der Waals surface area contributed by atoms with Crippen LogP contribution < -0.4 is 14.2 Å². The summed E-state index contributed by atoms with van der Waals surface area (Å²) in [4.78, 5) is 12.7. The van der Waals surface area contributed by atoms with Crippen LogP contribution >= 0.6 is 0 Å². The van der Waals surface area contributed by atoms with Gasteiger partial charge in [-0.2, -0.15) is 0 Å². The Kier molecular flexibility index (Phi) is 10.0. The fourth-order valence-corrected chi connectivity index (χ4v) is 6.88. The van der Waals surface area contributed by atoms with E-state index in [9.17, 15) is 18.3 Å². The Morgan fingerprint density at radius 2 is 1.44 bits per heavy atom. The summed E-state index contributed by atoms with van der Waals surface area (Å²) in [6.07, 6.45) is 1.30. The Hall–Kier alpha value is -4.30. The van der Waals surface area contributed by atoms with Crippen molar-refractivity contribution < 1.29 is 32.5 Å². The van der Waals surface area contributed by atoms with E-state index in [-0.39, 0.29) is 23.7 Å². The number of benzene rings is 4. The van der Waals surface area contributed by atoms with E-state index in [1.165, 1.54) is 32.4 Å².